The fourth-order valence-corrected chi connectivity index (χ4v) is 3.56. The second-order valence-corrected chi connectivity index (χ2v) is 12.0. The first-order chi connectivity index (χ1) is 19.0. The largest absolute Gasteiger partial charge is 0.481 e. The highest BCUT2D eigenvalue weighted by atomic mass is 32.2. The molecule has 0 unspecified atom stereocenters. The normalized spacial score (nSPS) is 13.6. The van der Waals surface area contributed by atoms with Crippen LogP contribution in [0.15, 0.2) is 30.3 Å². The van der Waals surface area contributed by atoms with Gasteiger partial charge < -0.3 is 30.6 Å². The number of benzene rings is 1. The van der Waals surface area contributed by atoms with Crippen LogP contribution in [0.2, 0.25) is 0 Å². The van der Waals surface area contributed by atoms with Crippen molar-refractivity contribution in [3.8, 4) is 11.3 Å². The minimum atomic E-state index is -3.65. The average Bonchev–Trinajstić information content (AvgIpc) is 2.90. The molecule has 0 spiro atoms. The molecule has 0 amide bonds. The summed E-state index contributed by atoms with van der Waals surface area (Å²) in [4.78, 5) is 19.6. The van der Waals surface area contributed by atoms with Crippen molar-refractivity contribution in [2.24, 2.45) is 0 Å². The molecule has 0 radical (unpaired) electrons. The van der Waals surface area contributed by atoms with Crippen molar-refractivity contribution >= 4 is 28.0 Å². The predicted molar refractivity (Wildman–Crippen MR) is 150 cm³/mol. The third-order valence-electron chi connectivity index (χ3n) is 5.84. The van der Waals surface area contributed by atoms with E-state index < -0.39 is 40.4 Å². The Bertz CT molecular complexity index is 1260. The third kappa shape index (κ3) is 11.4. The zero-order chi connectivity index (χ0) is 31.5. The Labute approximate surface area is 239 Å². The summed E-state index contributed by atoms with van der Waals surface area (Å²) in [6.45, 7) is 2.98. The van der Waals surface area contributed by atoms with E-state index in [0.29, 0.717) is 22.5 Å². The Hall–Kier alpha value is -3.05. The second-order valence-electron chi connectivity index (χ2n) is 10.0. The molecule has 0 bridgehead atoms. The summed E-state index contributed by atoms with van der Waals surface area (Å²) in [5, 5.41) is 54.1. The highest BCUT2D eigenvalue weighted by Crippen LogP contribution is 2.31. The van der Waals surface area contributed by atoms with Gasteiger partial charge in [-0.2, -0.15) is 0 Å². The first-order valence-corrected chi connectivity index (χ1v) is 14.4. The van der Waals surface area contributed by atoms with Gasteiger partial charge in [0.1, 0.15) is 5.82 Å². The van der Waals surface area contributed by atoms with Gasteiger partial charge in [0.15, 0.2) is 20.2 Å². The average molecular weight is 604 g/mol. The number of hydrogen-bond donors (Lipinski definition) is 6. The monoisotopic (exact) mass is 603 g/mol. The summed E-state index contributed by atoms with van der Waals surface area (Å²) in [6, 6.07) is 5.49. The van der Waals surface area contributed by atoms with Crippen molar-refractivity contribution in [2.45, 2.75) is 44.8 Å². The zero-order valence-corrected chi connectivity index (χ0v) is 24.5. The number of hydrogen-bond acceptors (Lipinski definition) is 10. The van der Waals surface area contributed by atoms with E-state index in [1.807, 2.05) is 13.8 Å². The van der Waals surface area contributed by atoms with Gasteiger partial charge in [-0.1, -0.05) is 26.0 Å². The molecule has 0 aliphatic heterocycles. The van der Waals surface area contributed by atoms with Crippen LogP contribution in [0.3, 0.4) is 0 Å². The molecule has 1 aromatic carbocycles. The lowest BCUT2D eigenvalue weighted by Crippen LogP contribution is -2.46. The van der Waals surface area contributed by atoms with E-state index >= 15 is 0 Å². The van der Waals surface area contributed by atoms with Crippen molar-refractivity contribution in [1.82, 2.24) is 9.97 Å². The number of nitrogens with zero attached hydrogens (tertiary/aromatic N) is 4. The number of halogens is 1. The summed E-state index contributed by atoms with van der Waals surface area (Å²) in [5.74, 6) is -1.87. The smallest absolute Gasteiger partial charge is 0.305 e. The van der Waals surface area contributed by atoms with Crippen LogP contribution in [0, 0.1) is 5.82 Å². The summed E-state index contributed by atoms with van der Waals surface area (Å²) >= 11 is 0. The molecule has 15 heteroatoms. The molecule has 0 saturated heterocycles. The minimum absolute atomic E-state index is 0.0601. The van der Waals surface area contributed by atoms with E-state index in [4.69, 9.17) is 20.4 Å². The minimum Gasteiger partial charge on any atom is -0.481 e. The fourth-order valence-electron chi connectivity index (χ4n) is 3.18. The molecule has 0 aliphatic rings. The summed E-state index contributed by atoms with van der Waals surface area (Å²) < 4.78 is 38.5. The molecular weight excluding hydrogens is 563 g/mol. The SMILES string of the molecule is CC(C)c1nc(N(C)S(C)(=O)=O)nc(-c2ccc(F)cc2)c1/C=C/[C@@H](O)C[C@@H](O)CC(=O)O.C[N+](CO)(CO)CO. The second kappa shape index (κ2) is 15.8. The Kier molecular flexibility index (Phi) is 13.9. The fraction of sp³-hybridized carbons (Fsp3) is 0.500. The Morgan fingerprint density at radius 3 is 2.02 bits per heavy atom. The molecule has 2 rings (SSSR count). The molecule has 1 aromatic heterocycles. The van der Waals surface area contributed by atoms with E-state index in [1.165, 1.54) is 43.5 Å². The highest BCUT2D eigenvalue weighted by Gasteiger charge is 2.22. The molecule has 1 heterocycles. The molecule has 0 saturated carbocycles. The molecular formula is C26H40FN4O9S+. The van der Waals surface area contributed by atoms with Crippen LogP contribution in [-0.4, -0.2) is 112 Å². The van der Waals surface area contributed by atoms with Crippen LogP contribution < -0.4 is 4.31 Å². The van der Waals surface area contributed by atoms with Crippen molar-refractivity contribution in [3.05, 3.63) is 47.4 Å². The van der Waals surface area contributed by atoms with Gasteiger partial charge >= 0.3 is 5.97 Å². The molecule has 0 fully saturated rings. The highest BCUT2D eigenvalue weighted by molar-refractivity contribution is 7.92. The Morgan fingerprint density at radius 2 is 1.61 bits per heavy atom. The van der Waals surface area contributed by atoms with E-state index in [2.05, 4.69) is 9.97 Å². The van der Waals surface area contributed by atoms with E-state index in [1.54, 1.807) is 7.05 Å². The van der Waals surface area contributed by atoms with Gasteiger partial charge in [0, 0.05) is 24.6 Å². The van der Waals surface area contributed by atoms with Crippen LogP contribution in [0.5, 0.6) is 0 Å². The number of carboxylic acid groups (broad SMARTS) is 1. The number of carbonyl (C=O) groups is 1. The van der Waals surface area contributed by atoms with Crippen LogP contribution >= 0.6 is 0 Å². The van der Waals surface area contributed by atoms with Gasteiger partial charge in [-0.15, -0.1) is 0 Å². The zero-order valence-electron chi connectivity index (χ0n) is 23.7. The van der Waals surface area contributed by atoms with Crippen LogP contribution in [0.4, 0.5) is 10.3 Å². The first-order valence-electron chi connectivity index (χ1n) is 12.5. The summed E-state index contributed by atoms with van der Waals surface area (Å²) in [5.41, 5.74) is 1.80. The van der Waals surface area contributed by atoms with Crippen molar-refractivity contribution in [3.63, 3.8) is 0 Å². The van der Waals surface area contributed by atoms with Gasteiger partial charge in [-0.3, -0.25) is 9.28 Å². The maximum absolute atomic E-state index is 13.5. The van der Waals surface area contributed by atoms with Gasteiger partial charge in [0.25, 0.3) is 0 Å². The predicted octanol–water partition coefficient (Wildman–Crippen LogP) is 0.684. The number of aliphatic carboxylic acids is 1. The molecule has 2 aromatic rings. The van der Waals surface area contributed by atoms with Gasteiger partial charge in [0.2, 0.25) is 16.0 Å². The van der Waals surface area contributed by atoms with Gasteiger partial charge in [0.05, 0.1) is 43.3 Å². The maximum atomic E-state index is 13.5. The Balaban J connectivity index is 0.000000915. The first kappa shape index (κ1) is 36.0. The Morgan fingerprint density at radius 1 is 1.07 bits per heavy atom. The molecule has 13 nitrogen and oxygen atoms in total. The van der Waals surface area contributed by atoms with E-state index in [9.17, 15) is 27.8 Å². The lowest BCUT2D eigenvalue weighted by atomic mass is 9.97. The number of sulfonamides is 1. The maximum Gasteiger partial charge on any atom is 0.305 e. The number of carboxylic acids is 1. The van der Waals surface area contributed by atoms with E-state index in [-0.39, 0.29) is 43.0 Å². The molecule has 41 heavy (non-hydrogen) atoms. The summed E-state index contributed by atoms with van der Waals surface area (Å²) in [6.07, 6.45) is 0.860. The van der Waals surface area contributed by atoms with Gasteiger partial charge in [-0.25, -0.2) is 27.1 Å². The number of aliphatic hydroxyl groups is 5. The summed E-state index contributed by atoms with van der Waals surface area (Å²) in [7, 11) is -0.784. The standard InChI is InChI=1S/C22H28FN3O6S.C4H12NO3/c1-13(2)20-18(10-9-16(27)11-17(28)12-19(29)30)21(14-5-7-15(23)8-6-14)25-22(24-20)26(3)33(4,31)32;1-5(2-6,3-7)4-8/h5-10,13,16-17,27-28H,11-12H2,1-4H3,(H,29,30);6-8H,2-4H2,1H3/q;+1/b10-9+;/t16-,17-;/m1./s1. The third-order valence-corrected chi connectivity index (χ3v) is 7.00. The van der Waals surface area contributed by atoms with Crippen molar-refractivity contribution in [1.29, 1.82) is 0 Å². The van der Waals surface area contributed by atoms with Crippen molar-refractivity contribution < 1.29 is 52.7 Å². The number of aliphatic hydroxyl groups excluding tert-OH is 5. The number of quaternary nitrogens is 1. The lowest BCUT2D eigenvalue weighted by molar-refractivity contribution is -0.959. The quantitative estimate of drug-likeness (QED) is 0.139. The van der Waals surface area contributed by atoms with Gasteiger partial charge in [-0.05, 0) is 30.2 Å². The number of aromatic nitrogens is 2. The topological polar surface area (TPSA) is 202 Å². The lowest BCUT2D eigenvalue weighted by Gasteiger charge is -2.25. The number of anilines is 1. The molecule has 0 aliphatic carbocycles. The molecule has 6 N–H and O–H groups in total. The molecule has 230 valence electrons. The molecule has 2 atom stereocenters. The number of rotatable bonds is 13. The van der Waals surface area contributed by atoms with E-state index in [0.717, 1.165) is 10.6 Å². The van der Waals surface area contributed by atoms with Crippen LogP contribution in [0.1, 0.15) is 43.9 Å². The van der Waals surface area contributed by atoms with Crippen LogP contribution in [-0.2, 0) is 14.8 Å². The van der Waals surface area contributed by atoms with Crippen LogP contribution in [0.25, 0.3) is 17.3 Å². The van der Waals surface area contributed by atoms with Crippen molar-refractivity contribution in [2.75, 3.05) is 44.8 Å².